The van der Waals surface area contributed by atoms with Crippen LogP contribution in [0, 0.1) is 0 Å². The highest BCUT2D eigenvalue weighted by Crippen LogP contribution is 2.42. The van der Waals surface area contributed by atoms with E-state index in [1.54, 1.807) is 33.5 Å². The quantitative estimate of drug-likeness (QED) is 0.893. The number of benzene rings is 1. The molecule has 6 nitrogen and oxygen atoms in total. The lowest BCUT2D eigenvalue weighted by atomic mass is 10.1. The van der Waals surface area contributed by atoms with Crippen molar-refractivity contribution in [2.45, 2.75) is 0 Å². The average molecular weight is 250 g/mol. The summed E-state index contributed by atoms with van der Waals surface area (Å²) in [7, 11) is 4.64. The molecule has 1 aromatic heterocycles. The van der Waals surface area contributed by atoms with Crippen molar-refractivity contribution in [3.63, 3.8) is 0 Å². The minimum absolute atomic E-state index is 0.448. The molecule has 1 aromatic carbocycles. The van der Waals surface area contributed by atoms with Crippen LogP contribution < -0.4 is 19.9 Å². The SMILES string of the molecule is COc1cc(-c2oncc2N)cc(OC)c1OC. The maximum absolute atomic E-state index is 5.76. The Morgan fingerprint density at radius 1 is 1.06 bits per heavy atom. The van der Waals surface area contributed by atoms with Crippen LogP contribution in [-0.2, 0) is 0 Å². The summed E-state index contributed by atoms with van der Waals surface area (Å²) in [6.45, 7) is 0. The first-order valence-corrected chi connectivity index (χ1v) is 5.21. The number of nitrogens with two attached hydrogens (primary N) is 1. The molecule has 0 aliphatic rings. The summed E-state index contributed by atoms with van der Waals surface area (Å²) in [5.41, 5.74) is 6.91. The van der Waals surface area contributed by atoms with E-state index < -0.39 is 0 Å². The summed E-state index contributed by atoms with van der Waals surface area (Å²) in [6.07, 6.45) is 1.44. The summed E-state index contributed by atoms with van der Waals surface area (Å²) in [5, 5.41) is 3.64. The summed E-state index contributed by atoms with van der Waals surface area (Å²) in [6, 6.07) is 3.50. The highest BCUT2D eigenvalue weighted by Gasteiger charge is 2.17. The lowest BCUT2D eigenvalue weighted by molar-refractivity contribution is 0.324. The number of ether oxygens (including phenoxy) is 3. The normalized spacial score (nSPS) is 10.2. The summed E-state index contributed by atoms with van der Waals surface area (Å²) in [4.78, 5) is 0. The molecule has 1 heterocycles. The van der Waals surface area contributed by atoms with Crippen molar-refractivity contribution in [1.82, 2.24) is 5.16 Å². The topological polar surface area (TPSA) is 79.7 Å². The number of rotatable bonds is 4. The molecule has 0 saturated heterocycles. The van der Waals surface area contributed by atoms with Gasteiger partial charge < -0.3 is 24.5 Å². The van der Waals surface area contributed by atoms with Crippen molar-refractivity contribution >= 4 is 5.69 Å². The number of nitrogen functional groups attached to an aromatic ring is 1. The van der Waals surface area contributed by atoms with Crippen molar-refractivity contribution in [2.75, 3.05) is 27.1 Å². The van der Waals surface area contributed by atoms with Gasteiger partial charge in [-0.05, 0) is 12.1 Å². The molecule has 0 fully saturated rings. The number of methoxy groups -OCH3 is 3. The molecule has 2 aromatic rings. The largest absolute Gasteiger partial charge is 0.493 e. The van der Waals surface area contributed by atoms with Crippen LogP contribution in [0.15, 0.2) is 22.9 Å². The fourth-order valence-electron chi connectivity index (χ4n) is 1.68. The van der Waals surface area contributed by atoms with Crippen molar-refractivity contribution < 1.29 is 18.7 Å². The molecule has 0 unspecified atom stereocenters. The summed E-state index contributed by atoms with van der Waals surface area (Å²) in [5.74, 6) is 2.04. The molecule has 0 atom stereocenters. The highest BCUT2D eigenvalue weighted by molar-refractivity contribution is 5.74. The predicted octanol–water partition coefficient (Wildman–Crippen LogP) is 1.95. The molecule has 0 aliphatic heterocycles. The molecule has 0 amide bonds. The minimum atomic E-state index is 0.448. The monoisotopic (exact) mass is 250 g/mol. The Labute approximate surface area is 104 Å². The maximum Gasteiger partial charge on any atom is 0.203 e. The van der Waals surface area contributed by atoms with Gasteiger partial charge in [0, 0.05) is 5.56 Å². The van der Waals surface area contributed by atoms with Crippen LogP contribution in [0.3, 0.4) is 0 Å². The van der Waals surface area contributed by atoms with E-state index in [-0.39, 0.29) is 0 Å². The summed E-state index contributed by atoms with van der Waals surface area (Å²) >= 11 is 0. The van der Waals surface area contributed by atoms with E-state index in [0.717, 1.165) is 0 Å². The van der Waals surface area contributed by atoms with Gasteiger partial charge in [0.05, 0.1) is 27.5 Å². The van der Waals surface area contributed by atoms with Crippen LogP contribution >= 0.6 is 0 Å². The molecular weight excluding hydrogens is 236 g/mol. The minimum Gasteiger partial charge on any atom is -0.493 e. The molecule has 0 aliphatic carbocycles. The number of nitrogens with zero attached hydrogens (tertiary/aromatic N) is 1. The number of hydrogen-bond donors (Lipinski definition) is 1. The van der Waals surface area contributed by atoms with Gasteiger partial charge >= 0.3 is 0 Å². The zero-order valence-electron chi connectivity index (χ0n) is 10.4. The van der Waals surface area contributed by atoms with Crippen LogP contribution in [0.4, 0.5) is 5.69 Å². The van der Waals surface area contributed by atoms with E-state index in [0.29, 0.717) is 34.3 Å². The zero-order valence-corrected chi connectivity index (χ0v) is 10.4. The van der Waals surface area contributed by atoms with E-state index in [4.69, 9.17) is 24.5 Å². The molecule has 0 spiro atoms. The van der Waals surface area contributed by atoms with Gasteiger partial charge in [0.25, 0.3) is 0 Å². The molecular formula is C12H14N2O4. The first kappa shape index (κ1) is 12.1. The van der Waals surface area contributed by atoms with Gasteiger partial charge in [-0.15, -0.1) is 0 Å². The van der Waals surface area contributed by atoms with Gasteiger partial charge in [-0.25, -0.2) is 0 Å². The number of anilines is 1. The molecule has 0 radical (unpaired) electrons. The second-order valence-electron chi connectivity index (χ2n) is 3.52. The lowest BCUT2D eigenvalue weighted by Crippen LogP contribution is -1.96. The Bertz CT molecular complexity index is 526. The third kappa shape index (κ3) is 1.92. The van der Waals surface area contributed by atoms with Crippen molar-refractivity contribution in [3.05, 3.63) is 18.3 Å². The van der Waals surface area contributed by atoms with Gasteiger partial charge in [-0.3, -0.25) is 0 Å². The van der Waals surface area contributed by atoms with E-state index in [1.807, 2.05) is 0 Å². The van der Waals surface area contributed by atoms with Crippen molar-refractivity contribution in [1.29, 1.82) is 0 Å². The van der Waals surface area contributed by atoms with E-state index in [1.165, 1.54) is 6.20 Å². The van der Waals surface area contributed by atoms with Crippen LogP contribution in [-0.4, -0.2) is 26.5 Å². The lowest BCUT2D eigenvalue weighted by Gasteiger charge is -2.13. The van der Waals surface area contributed by atoms with Gasteiger partial charge in [0.1, 0.15) is 5.69 Å². The highest BCUT2D eigenvalue weighted by atomic mass is 16.5. The van der Waals surface area contributed by atoms with Gasteiger partial charge in [0.15, 0.2) is 17.3 Å². The number of hydrogen-bond acceptors (Lipinski definition) is 6. The Morgan fingerprint density at radius 2 is 1.67 bits per heavy atom. The van der Waals surface area contributed by atoms with Crippen molar-refractivity contribution in [2.24, 2.45) is 0 Å². The Hall–Kier alpha value is -2.37. The van der Waals surface area contributed by atoms with Gasteiger partial charge in [-0.2, -0.15) is 0 Å². The van der Waals surface area contributed by atoms with E-state index in [2.05, 4.69) is 5.16 Å². The Balaban J connectivity index is 2.60. The number of aromatic nitrogens is 1. The second kappa shape index (κ2) is 4.87. The average Bonchev–Trinajstić information content (AvgIpc) is 2.83. The van der Waals surface area contributed by atoms with E-state index in [9.17, 15) is 0 Å². The molecule has 6 heteroatoms. The molecule has 18 heavy (non-hydrogen) atoms. The van der Waals surface area contributed by atoms with Crippen LogP contribution in [0.5, 0.6) is 17.2 Å². The fraction of sp³-hybridized carbons (Fsp3) is 0.250. The maximum atomic E-state index is 5.76. The first-order chi connectivity index (χ1) is 8.71. The molecule has 2 N–H and O–H groups in total. The standard InChI is InChI=1S/C12H14N2O4/c1-15-9-4-7(11-8(13)6-14-18-11)5-10(16-2)12(9)17-3/h4-6H,13H2,1-3H3. The van der Waals surface area contributed by atoms with E-state index >= 15 is 0 Å². The fourth-order valence-corrected chi connectivity index (χ4v) is 1.68. The molecule has 0 bridgehead atoms. The molecule has 96 valence electrons. The van der Waals surface area contributed by atoms with Gasteiger partial charge in [0.2, 0.25) is 5.75 Å². The molecule has 2 rings (SSSR count). The zero-order chi connectivity index (χ0) is 13.1. The third-order valence-corrected chi connectivity index (χ3v) is 2.52. The smallest absolute Gasteiger partial charge is 0.203 e. The third-order valence-electron chi connectivity index (χ3n) is 2.52. The molecule has 0 saturated carbocycles. The second-order valence-corrected chi connectivity index (χ2v) is 3.52. The summed E-state index contributed by atoms with van der Waals surface area (Å²) < 4.78 is 20.8. The van der Waals surface area contributed by atoms with Crippen LogP contribution in [0.25, 0.3) is 11.3 Å². The van der Waals surface area contributed by atoms with Crippen molar-refractivity contribution in [3.8, 4) is 28.6 Å². The predicted molar refractivity (Wildman–Crippen MR) is 66.0 cm³/mol. The Morgan fingerprint density at radius 3 is 2.06 bits per heavy atom. The van der Waals surface area contributed by atoms with Crippen LogP contribution in [0.2, 0.25) is 0 Å². The Kier molecular flexibility index (Phi) is 3.27. The van der Waals surface area contributed by atoms with Crippen LogP contribution in [0.1, 0.15) is 0 Å². The van der Waals surface area contributed by atoms with Gasteiger partial charge in [-0.1, -0.05) is 5.16 Å². The first-order valence-electron chi connectivity index (χ1n) is 5.21.